The number of benzene rings is 3. The van der Waals surface area contributed by atoms with E-state index in [0.717, 1.165) is 12.1 Å². The van der Waals surface area contributed by atoms with Gasteiger partial charge in [0.1, 0.15) is 0 Å². The maximum Gasteiger partial charge on any atom is 0.0831 e. The van der Waals surface area contributed by atoms with E-state index in [1.54, 1.807) is 0 Å². The van der Waals surface area contributed by atoms with E-state index in [0.29, 0.717) is 0 Å². The smallest absolute Gasteiger partial charge is 0.0831 e. The lowest BCUT2D eigenvalue weighted by atomic mass is 10.0. The molecule has 2 heteroatoms. The van der Waals surface area contributed by atoms with E-state index in [-0.39, 0.29) is 6.04 Å². The van der Waals surface area contributed by atoms with Crippen molar-refractivity contribution in [2.45, 2.75) is 90.0 Å². The summed E-state index contributed by atoms with van der Waals surface area (Å²) < 4.78 is 0. The molecule has 0 fully saturated rings. The van der Waals surface area contributed by atoms with Crippen LogP contribution in [0, 0.1) is 0 Å². The second-order valence-electron chi connectivity index (χ2n) is 10.4. The number of rotatable bonds is 15. The molecule has 1 atom stereocenters. The number of anilines is 1. The quantitative estimate of drug-likeness (QED) is 0.193. The summed E-state index contributed by atoms with van der Waals surface area (Å²) in [4.78, 5) is 0. The molecule has 0 amide bonds. The van der Waals surface area contributed by atoms with E-state index >= 15 is 0 Å². The fraction of sp³-hybridized carbons (Fsp3) is 0.400. The summed E-state index contributed by atoms with van der Waals surface area (Å²) in [5, 5.41) is 7.26. The maximum atomic E-state index is 5.05. The molecule has 0 N–H and O–H groups in total. The standard InChI is InChI=1S/C35H44N2/c1-2-3-4-5-6-7-8-9-10-13-20-31-24-27-34(28-25-31)37-35(32-21-16-12-17-22-32)29-33(36-37)26-23-30-18-14-11-15-19-30/h11-12,14-19,21-28,35H,2-10,13,20,29H2,1H3. The molecule has 0 radical (unpaired) electrons. The van der Waals surface area contributed by atoms with E-state index in [2.05, 4.69) is 109 Å². The van der Waals surface area contributed by atoms with Crippen molar-refractivity contribution >= 4 is 17.5 Å². The Morgan fingerprint density at radius 2 is 1.27 bits per heavy atom. The molecule has 1 heterocycles. The number of hydrogen-bond donors (Lipinski definition) is 0. The first kappa shape index (κ1) is 26.9. The van der Waals surface area contributed by atoms with E-state index in [9.17, 15) is 0 Å². The Labute approximate surface area is 225 Å². The topological polar surface area (TPSA) is 15.6 Å². The number of unbranched alkanes of at least 4 members (excludes halogenated alkanes) is 9. The zero-order chi connectivity index (χ0) is 25.5. The van der Waals surface area contributed by atoms with Crippen LogP contribution in [0.1, 0.15) is 100 Å². The lowest BCUT2D eigenvalue weighted by Gasteiger charge is -2.24. The van der Waals surface area contributed by atoms with E-state index in [1.165, 1.54) is 93.0 Å². The van der Waals surface area contributed by atoms with Gasteiger partial charge in [-0.25, -0.2) is 0 Å². The lowest BCUT2D eigenvalue weighted by Crippen LogP contribution is -2.18. The molecule has 4 rings (SSSR count). The second kappa shape index (κ2) is 15.2. The molecule has 0 aromatic heterocycles. The molecule has 0 aliphatic carbocycles. The Morgan fingerprint density at radius 3 is 1.92 bits per heavy atom. The van der Waals surface area contributed by atoms with Gasteiger partial charge >= 0.3 is 0 Å². The molecule has 0 spiro atoms. The largest absolute Gasteiger partial charge is 0.257 e. The van der Waals surface area contributed by atoms with Gasteiger partial charge in [0, 0.05) is 6.42 Å². The van der Waals surface area contributed by atoms with Crippen molar-refractivity contribution in [3.8, 4) is 0 Å². The molecule has 2 nitrogen and oxygen atoms in total. The summed E-state index contributed by atoms with van der Waals surface area (Å²) >= 11 is 0. The van der Waals surface area contributed by atoms with Crippen LogP contribution in [0.2, 0.25) is 0 Å². The van der Waals surface area contributed by atoms with Crippen LogP contribution in [0.25, 0.3) is 6.08 Å². The van der Waals surface area contributed by atoms with Crippen molar-refractivity contribution in [2.75, 3.05) is 5.01 Å². The lowest BCUT2D eigenvalue weighted by molar-refractivity contribution is 0.556. The van der Waals surface area contributed by atoms with Gasteiger partial charge in [0.2, 0.25) is 0 Å². The minimum absolute atomic E-state index is 0.226. The van der Waals surface area contributed by atoms with Gasteiger partial charge in [-0.2, -0.15) is 5.10 Å². The molecule has 0 saturated heterocycles. The maximum absolute atomic E-state index is 5.05. The van der Waals surface area contributed by atoms with Gasteiger partial charge < -0.3 is 0 Å². The van der Waals surface area contributed by atoms with Crippen molar-refractivity contribution in [3.63, 3.8) is 0 Å². The summed E-state index contributed by atoms with van der Waals surface area (Å²) in [5.41, 5.74) is 6.24. The van der Waals surface area contributed by atoms with Gasteiger partial charge in [-0.15, -0.1) is 0 Å². The minimum Gasteiger partial charge on any atom is -0.257 e. The molecular formula is C35H44N2. The fourth-order valence-electron chi connectivity index (χ4n) is 5.20. The van der Waals surface area contributed by atoms with Gasteiger partial charge in [0.05, 0.1) is 17.4 Å². The highest BCUT2D eigenvalue weighted by Gasteiger charge is 2.28. The third-order valence-corrected chi connectivity index (χ3v) is 7.41. The molecule has 37 heavy (non-hydrogen) atoms. The van der Waals surface area contributed by atoms with Crippen LogP contribution in [-0.4, -0.2) is 5.71 Å². The normalized spacial score (nSPS) is 15.4. The van der Waals surface area contributed by atoms with Gasteiger partial charge in [0.25, 0.3) is 0 Å². The number of nitrogens with zero attached hydrogens (tertiary/aromatic N) is 2. The Balaban J connectivity index is 1.30. The first-order valence-electron chi connectivity index (χ1n) is 14.6. The third-order valence-electron chi connectivity index (χ3n) is 7.41. The third kappa shape index (κ3) is 8.74. The monoisotopic (exact) mass is 492 g/mol. The molecule has 0 bridgehead atoms. The van der Waals surface area contributed by atoms with Crippen molar-refractivity contribution in [2.24, 2.45) is 5.10 Å². The summed E-state index contributed by atoms with van der Waals surface area (Å²) in [6.45, 7) is 2.29. The average Bonchev–Trinajstić information content (AvgIpc) is 3.39. The van der Waals surface area contributed by atoms with Crippen molar-refractivity contribution in [1.29, 1.82) is 0 Å². The zero-order valence-electron chi connectivity index (χ0n) is 22.7. The van der Waals surface area contributed by atoms with Crippen LogP contribution in [0.4, 0.5) is 5.69 Å². The molecule has 1 aliphatic rings. The predicted octanol–water partition coefficient (Wildman–Crippen LogP) is 10.2. The second-order valence-corrected chi connectivity index (χ2v) is 10.4. The van der Waals surface area contributed by atoms with Crippen LogP contribution in [0.15, 0.2) is 96.1 Å². The van der Waals surface area contributed by atoms with Gasteiger partial charge in [-0.3, -0.25) is 5.01 Å². The average molecular weight is 493 g/mol. The van der Waals surface area contributed by atoms with Crippen molar-refractivity contribution < 1.29 is 0 Å². The van der Waals surface area contributed by atoms with Gasteiger partial charge in [-0.1, -0.05) is 144 Å². The molecule has 0 saturated carbocycles. The predicted molar refractivity (Wildman–Crippen MR) is 161 cm³/mol. The van der Waals surface area contributed by atoms with E-state index in [4.69, 9.17) is 5.10 Å². The van der Waals surface area contributed by atoms with Crippen LogP contribution >= 0.6 is 0 Å². The molecule has 194 valence electrons. The zero-order valence-corrected chi connectivity index (χ0v) is 22.7. The summed E-state index contributed by atoms with van der Waals surface area (Å²) in [5.74, 6) is 0. The van der Waals surface area contributed by atoms with Crippen LogP contribution in [0.3, 0.4) is 0 Å². The van der Waals surface area contributed by atoms with E-state index in [1.807, 2.05) is 0 Å². The Kier molecular flexibility index (Phi) is 11.1. The van der Waals surface area contributed by atoms with Crippen LogP contribution in [-0.2, 0) is 6.42 Å². The highest BCUT2D eigenvalue weighted by molar-refractivity contribution is 6.01. The first-order chi connectivity index (χ1) is 18.3. The number of allylic oxidation sites excluding steroid dienone is 1. The summed E-state index contributed by atoms with van der Waals surface area (Å²) in [6, 6.07) is 30.6. The number of hydrogen-bond acceptors (Lipinski definition) is 2. The highest BCUT2D eigenvalue weighted by Crippen LogP contribution is 2.35. The van der Waals surface area contributed by atoms with Crippen LogP contribution in [0.5, 0.6) is 0 Å². The summed E-state index contributed by atoms with van der Waals surface area (Å²) in [6.07, 6.45) is 20.3. The SMILES string of the molecule is CCCCCCCCCCCCc1ccc(N2N=C(C=Cc3ccccc3)CC2c2ccccc2)cc1. The Hall–Kier alpha value is -3.13. The molecule has 3 aromatic rings. The van der Waals surface area contributed by atoms with Crippen molar-refractivity contribution in [1.82, 2.24) is 0 Å². The number of aryl methyl sites for hydroxylation is 1. The minimum atomic E-state index is 0.226. The first-order valence-corrected chi connectivity index (χ1v) is 14.6. The van der Waals surface area contributed by atoms with E-state index < -0.39 is 0 Å². The highest BCUT2D eigenvalue weighted by atomic mass is 15.5. The molecule has 1 unspecified atom stereocenters. The van der Waals surface area contributed by atoms with Gasteiger partial charge in [-0.05, 0) is 47.7 Å². The van der Waals surface area contributed by atoms with Gasteiger partial charge in [0.15, 0.2) is 0 Å². The number of hydrazone groups is 1. The molecule has 3 aromatic carbocycles. The van der Waals surface area contributed by atoms with Crippen LogP contribution < -0.4 is 5.01 Å². The fourth-order valence-corrected chi connectivity index (χ4v) is 5.20. The molecular weight excluding hydrogens is 448 g/mol. The van der Waals surface area contributed by atoms with Crippen molar-refractivity contribution in [3.05, 3.63) is 108 Å². The Morgan fingerprint density at radius 1 is 0.676 bits per heavy atom. The summed E-state index contributed by atoms with van der Waals surface area (Å²) in [7, 11) is 0. The Bertz CT molecular complexity index is 1080. The molecule has 1 aliphatic heterocycles.